The lowest BCUT2D eigenvalue weighted by molar-refractivity contribution is -0.0797. The number of aliphatic imine (C=N–C) groups is 1. The number of nitrogens with zero attached hydrogens (tertiary/aromatic N) is 1. The molecule has 1 heterocycles. The van der Waals surface area contributed by atoms with Gasteiger partial charge in [-0.15, -0.1) is 0 Å². The third-order valence-electron chi connectivity index (χ3n) is 2.81. The molecule has 1 aliphatic heterocycles. The van der Waals surface area contributed by atoms with E-state index >= 15 is 0 Å². The van der Waals surface area contributed by atoms with Crippen LogP contribution in [0.5, 0.6) is 11.5 Å². The van der Waals surface area contributed by atoms with E-state index in [0.717, 1.165) is 22.8 Å². The zero-order chi connectivity index (χ0) is 12.3. The van der Waals surface area contributed by atoms with Crippen molar-refractivity contribution >= 4 is 5.71 Å². The molecule has 0 saturated carbocycles. The molecule has 17 heavy (non-hydrogen) atoms. The molecule has 4 heteroatoms. The molecule has 1 aromatic rings. The van der Waals surface area contributed by atoms with Gasteiger partial charge in [-0.25, -0.2) is 0 Å². The Morgan fingerprint density at radius 2 is 2.18 bits per heavy atom. The van der Waals surface area contributed by atoms with Gasteiger partial charge >= 0.3 is 0 Å². The standard InChI is InChI=1S/C13H17NO3/c1-9(14-2)12-5-4-10(6-13(12)15-3)17-11-7-16-8-11/h4-6,11H,7-8H2,1-3H3. The molecule has 1 aromatic carbocycles. The Morgan fingerprint density at radius 3 is 2.71 bits per heavy atom. The third kappa shape index (κ3) is 2.58. The first-order chi connectivity index (χ1) is 8.24. The normalized spacial score (nSPS) is 16.5. The second-order valence-electron chi connectivity index (χ2n) is 3.95. The molecule has 92 valence electrons. The molecule has 0 aliphatic carbocycles. The van der Waals surface area contributed by atoms with E-state index in [1.807, 2.05) is 25.1 Å². The molecule has 0 bridgehead atoms. The molecule has 0 radical (unpaired) electrons. The molecule has 1 aliphatic rings. The SMILES string of the molecule is CN=C(C)c1ccc(OC2COC2)cc1OC. The maximum absolute atomic E-state index is 5.72. The molecule has 0 aromatic heterocycles. The molecule has 1 saturated heterocycles. The molecule has 0 spiro atoms. The maximum atomic E-state index is 5.72. The minimum absolute atomic E-state index is 0.173. The van der Waals surface area contributed by atoms with Crippen molar-refractivity contribution in [1.29, 1.82) is 0 Å². The van der Waals surface area contributed by atoms with Crippen molar-refractivity contribution in [3.8, 4) is 11.5 Å². The lowest BCUT2D eigenvalue weighted by Crippen LogP contribution is -2.38. The van der Waals surface area contributed by atoms with E-state index in [-0.39, 0.29) is 6.10 Å². The lowest BCUT2D eigenvalue weighted by Gasteiger charge is -2.27. The molecule has 2 rings (SSSR count). The summed E-state index contributed by atoms with van der Waals surface area (Å²) in [5.74, 6) is 1.59. The fraction of sp³-hybridized carbons (Fsp3) is 0.462. The van der Waals surface area contributed by atoms with Crippen molar-refractivity contribution in [2.45, 2.75) is 13.0 Å². The summed E-state index contributed by atoms with van der Waals surface area (Å²) >= 11 is 0. The molecule has 4 nitrogen and oxygen atoms in total. The van der Waals surface area contributed by atoms with Crippen LogP contribution < -0.4 is 9.47 Å². The summed E-state index contributed by atoms with van der Waals surface area (Å²) in [5, 5.41) is 0. The van der Waals surface area contributed by atoms with Crippen LogP contribution in [-0.2, 0) is 4.74 Å². The molecular weight excluding hydrogens is 218 g/mol. The maximum Gasteiger partial charge on any atom is 0.145 e. The van der Waals surface area contributed by atoms with Gasteiger partial charge in [-0.05, 0) is 19.1 Å². The summed E-state index contributed by atoms with van der Waals surface area (Å²) in [6.07, 6.45) is 0.173. The van der Waals surface area contributed by atoms with Gasteiger partial charge in [0.05, 0.1) is 20.3 Å². The summed E-state index contributed by atoms with van der Waals surface area (Å²) in [6.45, 7) is 3.29. The predicted octanol–water partition coefficient (Wildman–Crippen LogP) is 1.91. The van der Waals surface area contributed by atoms with E-state index in [1.165, 1.54) is 0 Å². The van der Waals surface area contributed by atoms with Crippen LogP contribution in [0.2, 0.25) is 0 Å². The molecule has 0 amide bonds. The number of hydrogen-bond donors (Lipinski definition) is 0. The van der Waals surface area contributed by atoms with Crippen LogP contribution in [-0.4, -0.2) is 39.2 Å². The summed E-state index contributed by atoms with van der Waals surface area (Å²) in [4.78, 5) is 4.16. The highest BCUT2D eigenvalue weighted by atomic mass is 16.6. The Labute approximate surface area is 101 Å². The molecule has 0 N–H and O–H groups in total. The van der Waals surface area contributed by atoms with Gasteiger partial charge in [0.2, 0.25) is 0 Å². The topological polar surface area (TPSA) is 40.0 Å². The van der Waals surface area contributed by atoms with Crippen molar-refractivity contribution < 1.29 is 14.2 Å². The highest BCUT2D eigenvalue weighted by Crippen LogP contribution is 2.26. The average Bonchev–Trinajstić information content (AvgIpc) is 2.32. The fourth-order valence-corrected chi connectivity index (χ4v) is 1.64. The van der Waals surface area contributed by atoms with Crippen molar-refractivity contribution in [3.05, 3.63) is 23.8 Å². The largest absolute Gasteiger partial charge is 0.496 e. The van der Waals surface area contributed by atoms with Gasteiger partial charge < -0.3 is 14.2 Å². The molecule has 1 fully saturated rings. The summed E-state index contributed by atoms with van der Waals surface area (Å²) in [7, 11) is 3.42. The number of rotatable bonds is 4. The van der Waals surface area contributed by atoms with Crippen molar-refractivity contribution in [3.63, 3.8) is 0 Å². The first-order valence-electron chi connectivity index (χ1n) is 5.60. The number of methoxy groups -OCH3 is 1. The fourth-order valence-electron chi connectivity index (χ4n) is 1.64. The third-order valence-corrected chi connectivity index (χ3v) is 2.81. The lowest BCUT2D eigenvalue weighted by atomic mass is 10.1. The van der Waals surface area contributed by atoms with Crippen LogP contribution in [0.15, 0.2) is 23.2 Å². The molecule has 0 unspecified atom stereocenters. The number of hydrogen-bond acceptors (Lipinski definition) is 4. The second kappa shape index (κ2) is 5.19. The van der Waals surface area contributed by atoms with E-state index in [2.05, 4.69) is 4.99 Å². The van der Waals surface area contributed by atoms with E-state index in [4.69, 9.17) is 14.2 Å². The number of benzene rings is 1. The van der Waals surface area contributed by atoms with Gasteiger partial charge in [-0.3, -0.25) is 4.99 Å². The van der Waals surface area contributed by atoms with Gasteiger partial charge in [0, 0.05) is 24.4 Å². The van der Waals surface area contributed by atoms with Gasteiger partial charge in [-0.2, -0.15) is 0 Å². The van der Waals surface area contributed by atoms with Gasteiger partial charge in [0.15, 0.2) is 0 Å². The van der Waals surface area contributed by atoms with E-state index < -0.39 is 0 Å². The average molecular weight is 235 g/mol. The quantitative estimate of drug-likeness (QED) is 0.748. The Bertz CT molecular complexity index is 425. The Kier molecular flexibility index (Phi) is 3.64. The van der Waals surface area contributed by atoms with Gasteiger partial charge in [0.25, 0.3) is 0 Å². The van der Waals surface area contributed by atoms with Gasteiger partial charge in [0.1, 0.15) is 17.6 Å². The highest BCUT2D eigenvalue weighted by Gasteiger charge is 2.20. The highest BCUT2D eigenvalue weighted by molar-refractivity contribution is 6.01. The van der Waals surface area contributed by atoms with Crippen LogP contribution in [0.1, 0.15) is 12.5 Å². The zero-order valence-electron chi connectivity index (χ0n) is 10.4. The summed E-state index contributed by atoms with van der Waals surface area (Å²) in [6, 6.07) is 5.79. The Hall–Kier alpha value is -1.55. The zero-order valence-corrected chi connectivity index (χ0v) is 10.4. The van der Waals surface area contributed by atoms with Crippen LogP contribution in [0, 0.1) is 0 Å². The van der Waals surface area contributed by atoms with Crippen molar-refractivity contribution in [2.24, 2.45) is 4.99 Å². The van der Waals surface area contributed by atoms with E-state index in [1.54, 1.807) is 14.2 Å². The Morgan fingerprint density at radius 1 is 1.41 bits per heavy atom. The van der Waals surface area contributed by atoms with Crippen LogP contribution in [0.4, 0.5) is 0 Å². The van der Waals surface area contributed by atoms with E-state index in [0.29, 0.717) is 13.2 Å². The minimum atomic E-state index is 0.173. The Balaban J connectivity index is 2.20. The van der Waals surface area contributed by atoms with Crippen LogP contribution in [0.25, 0.3) is 0 Å². The van der Waals surface area contributed by atoms with Crippen LogP contribution in [0.3, 0.4) is 0 Å². The smallest absolute Gasteiger partial charge is 0.145 e. The first-order valence-corrected chi connectivity index (χ1v) is 5.60. The summed E-state index contributed by atoms with van der Waals surface area (Å²) in [5.41, 5.74) is 1.94. The minimum Gasteiger partial charge on any atom is -0.496 e. The van der Waals surface area contributed by atoms with Crippen molar-refractivity contribution in [2.75, 3.05) is 27.4 Å². The molecular formula is C13H17NO3. The first kappa shape index (κ1) is 11.9. The summed E-state index contributed by atoms with van der Waals surface area (Å²) < 4.78 is 16.1. The predicted molar refractivity (Wildman–Crippen MR) is 66.4 cm³/mol. The molecule has 0 atom stereocenters. The monoisotopic (exact) mass is 235 g/mol. The van der Waals surface area contributed by atoms with Gasteiger partial charge in [-0.1, -0.05) is 0 Å². The number of ether oxygens (including phenoxy) is 3. The van der Waals surface area contributed by atoms with E-state index in [9.17, 15) is 0 Å². The van der Waals surface area contributed by atoms with Crippen molar-refractivity contribution in [1.82, 2.24) is 0 Å². The van der Waals surface area contributed by atoms with Crippen LogP contribution >= 0.6 is 0 Å². The second-order valence-corrected chi connectivity index (χ2v) is 3.95.